The second kappa shape index (κ2) is 8.34. The minimum atomic E-state index is -0.382. The molecule has 0 radical (unpaired) electrons. The molecule has 0 N–H and O–H groups in total. The van der Waals surface area contributed by atoms with Gasteiger partial charge < -0.3 is 4.74 Å². The van der Waals surface area contributed by atoms with Gasteiger partial charge in [0.2, 0.25) is 0 Å². The molecule has 5 heteroatoms. The standard InChI is InChI=1S/C20H28O3S2/c1-4-5-6-8-12(2)15-14(20-24-9-7-10-25-20)11-13(3)16-17(15)19(22)23-18(16)21/h11,13,16-17,20H,4-10H2,1-3H3/b15-12+/t13-,16-,17+/m1/s1. The van der Waals surface area contributed by atoms with Crippen molar-refractivity contribution in [3.63, 3.8) is 0 Å². The molecule has 0 saturated carbocycles. The molecule has 138 valence electrons. The van der Waals surface area contributed by atoms with E-state index in [1.54, 1.807) is 0 Å². The minimum Gasteiger partial charge on any atom is -0.392 e. The molecule has 3 rings (SSSR count). The maximum Gasteiger partial charge on any atom is 0.321 e. The quantitative estimate of drug-likeness (QED) is 0.383. The van der Waals surface area contributed by atoms with E-state index in [-0.39, 0.29) is 29.7 Å². The van der Waals surface area contributed by atoms with E-state index < -0.39 is 0 Å². The molecule has 25 heavy (non-hydrogen) atoms. The summed E-state index contributed by atoms with van der Waals surface area (Å²) in [6.45, 7) is 6.41. The summed E-state index contributed by atoms with van der Waals surface area (Å²) < 4.78 is 5.45. The number of esters is 2. The van der Waals surface area contributed by atoms with E-state index in [2.05, 4.69) is 26.8 Å². The first-order valence-electron chi connectivity index (χ1n) is 9.45. The van der Waals surface area contributed by atoms with Gasteiger partial charge in [-0.05, 0) is 54.8 Å². The molecule has 1 aliphatic carbocycles. The zero-order valence-corrected chi connectivity index (χ0v) is 17.0. The van der Waals surface area contributed by atoms with Crippen molar-refractivity contribution in [2.75, 3.05) is 11.5 Å². The van der Waals surface area contributed by atoms with Gasteiger partial charge >= 0.3 is 11.9 Å². The van der Waals surface area contributed by atoms with Crippen LogP contribution in [0.1, 0.15) is 52.9 Å². The average molecular weight is 381 g/mol. The van der Waals surface area contributed by atoms with Crippen molar-refractivity contribution in [3.8, 4) is 0 Å². The van der Waals surface area contributed by atoms with Crippen molar-refractivity contribution < 1.29 is 14.3 Å². The van der Waals surface area contributed by atoms with Crippen molar-refractivity contribution in [1.82, 2.24) is 0 Å². The lowest BCUT2D eigenvalue weighted by atomic mass is 9.70. The Morgan fingerprint density at radius 2 is 1.92 bits per heavy atom. The van der Waals surface area contributed by atoms with E-state index in [4.69, 9.17) is 4.74 Å². The number of allylic oxidation sites excluding steroid dienone is 2. The van der Waals surface area contributed by atoms with Crippen LogP contribution in [0.25, 0.3) is 0 Å². The van der Waals surface area contributed by atoms with Crippen LogP contribution in [-0.4, -0.2) is 28.0 Å². The normalized spacial score (nSPS) is 32.3. The van der Waals surface area contributed by atoms with Crippen LogP contribution in [0.2, 0.25) is 0 Å². The van der Waals surface area contributed by atoms with Gasteiger partial charge in [-0.15, -0.1) is 23.5 Å². The van der Waals surface area contributed by atoms with E-state index in [0.29, 0.717) is 4.58 Å². The Morgan fingerprint density at radius 1 is 1.20 bits per heavy atom. The Hall–Kier alpha value is -0.680. The van der Waals surface area contributed by atoms with Crippen molar-refractivity contribution in [2.24, 2.45) is 17.8 Å². The number of cyclic esters (lactones) is 2. The molecule has 0 bridgehead atoms. The van der Waals surface area contributed by atoms with Crippen molar-refractivity contribution >= 4 is 35.5 Å². The molecule has 3 nitrogen and oxygen atoms in total. The first kappa shape index (κ1) is 19.1. The average Bonchev–Trinajstić information content (AvgIpc) is 2.90. The van der Waals surface area contributed by atoms with Gasteiger partial charge in [0.15, 0.2) is 0 Å². The molecule has 3 atom stereocenters. The summed E-state index contributed by atoms with van der Waals surface area (Å²) in [5, 5.41) is 0. The molecule has 3 aliphatic rings. The lowest BCUT2D eigenvalue weighted by Crippen LogP contribution is -2.33. The highest BCUT2D eigenvalue weighted by Gasteiger charge is 2.52. The number of carbonyl (C=O) groups excluding carboxylic acids is 2. The molecule has 0 unspecified atom stereocenters. The summed E-state index contributed by atoms with van der Waals surface area (Å²) in [7, 11) is 0. The second-order valence-corrected chi connectivity index (χ2v) is 10.0. The number of rotatable bonds is 5. The maximum atomic E-state index is 12.5. The maximum absolute atomic E-state index is 12.5. The van der Waals surface area contributed by atoms with Gasteiger partial charge in [0.25, 0.3) is 0 Å². The fourth-order valence-corrected chi connectivity index (χ4v) is 7.11. The van der Waals surface area contributed by atoms with E-state index in [1.807, 2.05) is 23.5 Å². The summed E-state index contributed by atoms with van der Waals surface area (Å²) in [5.41, 5.74) is 3.70. The number of unbranched alkanes of at least 4 members (excludes halogenated alkanes) is 2. The highest BCUT2D eigenvalue weighted by Crippen LogP contribution is 2.50. The fourth-order valence-electron chi connectivity index (χ4n) is 4.14. The number of thioether (sulfide) groups is 2. The smallest absolute Gasteiger partial charge is 0.321 e. The van der Waals surface area contributed by atoms with Gasteiger partial charge in [-0.3, -0.25) is 9.59 Å². The first-order chi connectivity index (χ1) is 12.0. The van der Waals surface area contributed by atoms with Gasteiger partial charge in [0.05, 0.1) is 16.4 Å². The Labute approximate surface area is 159 Å². The Kier molecular flexibility index (Phi) is 6.37. The summed E-state index contributed by atoms with van der Waals surface area (Å²) in [4.78, 5) is 24.8. The first-order valence-corrected chi connectivity index (χ1v) is 11.5. The zero-order chi connectivity index (χ0) is 18.0. The summed E-state index contributed by atoms with van der Waals surface area (Å²) in [5.74, 6) is 1.03. The lowest BCUT2D eigenvalue weighted by molar-refractivity contribution is -0.153. The molecule has 2 saturated heterocycles. The summed E-state index contributed by atoms with van der Waals surface area (Å²) in [6, 6.07) is 0. The molecule has 0 aromatic heterocycles. The van der Waals surface area contributed by atoms with Crippen LogP contribution in [0.15, 0.2) is 22.8 Å². The van der Waals surface area contributed by atoms with Crippen LogP contribution in [0.3, 0.4) is 0 Å². The highest BCUT2D eigenvalue weighted by molar-refractivity contribution is 8.17. The second-order valence-electron chi connectivity index (χ2n) is 7.30. The fraction of sp³-hybridized carbons (Fsp3) is 0.700. The van der Waals surface area contributed by atoms with Gasteiger partial charge in [0.1, 0.15) is 0 Å². The van der Waals surface area contributed by atoms with E-state index in [9.17, 15) is 9.59 Å². The third-order valence-electron chi connectivity index (χ3n) is 5.41. The number of hydrogen-bond donors (Lipinski definition) is 0. The van der Waals surface area contributed by atoms with E-state index >= 15 is 0 Å². The Morgan fingerprint density at radius 3 is 2.60 bits per heavy atom. The zero-order valence-electron chi connectivity index (χ0n) is 15.4. The SMILES string of the molecule is CCCCC/C(C)=C1\C(C2SCCCS2)=C[C@@H](C)[C@H]2C(=O)OC(=O)[C@@H]12. The van der Waals surface area contributed by atoms with Crippen LogP contribution >= 0.6 is 23.5 Å². The van der Waals surface area contributed by atoms with Crippen molar-refractivity contribution in [1.29, 1.82) is 0 Å². The van der Waals surface area contributed by atoms with Crippen molar-refractivity contribution in [3.05, 3.63) is 22.8 Å². The molecule has 2 fully saturated rings. The number of carbonyl (C=O) groups is 2. The molecule has 0 aromatic carbocycles. The molecule has 0 amide bonds. The molecular weight excluding hydrogens is 352 g/mol. The Balaban J connectivity index is 1.99. The summed E-state index contributed by atoms with van der Waals surface area (Å²) in [6.07, 6.45) is 8.03. The van der Waals surface area contributed by atoms with Gasteiger partial charge in [-0.1, -0.05) is 38.3 Å². The predicted octanol–water partition coefficient (Wildman–Crippen LogP) is 4.97. The number of hydrogen-bond acceptors (Lipinski definition) is 5. The van der Waals surface area contributed by atoms with Gasteiger partial charge in [-0.2, -0.15) is 0 Å². The highest BCUT2D eigenvalue weighted by atomic mass is 32.2. The van der Waals surface area contributed by atoms with Gasteiger partial charge in [0, 0.05) is 0 Å². The number of fused-ring (bicyclic) bond motifs is 1. The lowest BCUT2D eigenvalue weighted by Gasteiger charge is -2.35. The van der Waals surface area contributed by atoms with Crippen LogP contribution in [0.4, 0.5) is 0 Å². The monoisotopic (exact) mass is 380 g/mol. The Bertz CT molecular complexity index is 602. The molecule has 0 aromatic rings. The van der Waals surface area contributed by atoms with Crippen molar-refractivity contribution in [2.45, 2.75) is 57.5 Å². The van der Waals surface area contributed by atoms with E-state index in [1.165, 1.54) is 41.9 Å². The number of ether oxygens (including phenoxy) is 1. The van der Waals surface area contributed by atoms with Crippen LogP contribution in [0, 0.1) is 17.8 Å². The third kappa shape index (κ3) is 3.87. The topological polar surface area (TPSA) is 43.4 Å². The summed E-state index contributed by atoms with van der Waals surface area (Å²) >= 11 is 3.96. The van der Waals surface area contributed by atoms with Crippen LogP contribution in [0.5, 0.6) is 0 Å². The molecular formula is C20H28O3S2. The molecule has 2 heterocycles. The largest absolute Gasteiger partial charge is 0.392 e. The predicted molar refractivity (Wildman–Crippen MR) is 105 cm³/mol. The van der Waals surface area contributed by atoms with Crippen LogP contribution < -0.4 is 0 Å². The van der Waals surface area contributed by atoms with Gasteiger partial charge in [-0.25, -0.2) is 0 Å². The van der Waals surface area contributed by atoms with Crippen LogP contribution in [-0.2, 0) is 14.3 Å². The third-order valence-corrected chi connectivity index (χ3v) is 8.39. The van der Waals surface area contributed by atoms with E-state index in [0.717, 1.165) is 18.4 Å². The minimum absolute atomic E-state index is 0.0641. The molecule has 2 aliphatic heterocycles. The molecule has 0 spiro atoms.